The molecule has 0 amide bonds. The molecule has 2 aliphatic rings. The fourth-order valence-corrected chi connectivity index (χ4v) is 1.68. The fraction of sp³-hybridized carbons (Fsp3) is 1.00. The summed E-state index contributed by atoms with van der Waals surface area (Å²) in [5.74, 6) is 1.02. The first-order chi connectivity index (χ1) is 4.47. The molecule has 1 saturated heterocycles. The van der Waals surface area contributed by atoms with Crippen LogP contribution in [0.3, 0.4) is 0 Å². The van der Waals surface area contributed by atoms with E-state index in [1.807, 2.05) is 0 Å². The number of hydrogen-bond donors (Lipinski definition) is 0. The average molecular weight is 124 g/mol. The molecule has 1 heteroatoms. The second kappa shape index (κ2) is 2.30. The zero-order valence-corrected chi connectivity index (χ0v) is 5.84. The van der Waals surface area contributed by atoms with Gasteiger partial charge in [0.2, 0.25) is 0 Å². The number of piperidine rings is 1. The summed E-state index contributed by atoms with van der Waals surface area (Å²) in [5, 5.41) is 4.59. The van der Waals surface area contributed by atoms with E-state index in [4.69, 9.17) is 0 Å². The second-order valence-corrected chi connectivity index (χ2v) is 3.31. The van der Waals surface area contributed by atoms with Crippen molar-refractivity contribution in [1.82, 2.24) is 5.32 Å². The Morgan fingerprint density at radius 3 is 2.44 bits per heavy atom. The third-order valence-electron chi connectivity index (χ3n) is 2.44. The predicted molar refractivity (Wildman–Crippen MR) is 37.4 cm³/mol. The molecular weight excluding hydrogens is 110 g/mol. The van der Waals surface area contributed by atoms with E-state index < -0.39 is 0 Å². The normalized spacial score (nSPS) is 36.7. The Morgan fingerprint density at radius 2 is 1.89 bits per heavy atom. The first kappa shape index (κ1) is 5.72. The number of nitrogens with zero attached hydrogens (tertiary/aromatic N) is 1. The quantitative estimate of drug-likeness (QED) is 0.503. The third kappa shape index (κ3) is 1.26. The van der Waals surface area contributed by atoms with Crippen LogP contribution in [-0.2, 0) is 0 Å². The van der Waals surface area contributed by atoms with E-state index in [1.54, 1.807) is 0 Å². The van der Waals surface area contributed by atoms with Gasteiger partial charge in [-0.05, 0) is 31.6 Å². The molecule has 1 radical (unpaired) electrons. The van der Waals surface area contributed by atoms with Gasteiger partial charge < -0.3 is 0 Å². The first-order valence-corrected chi connectivity index (χ1v) is 4.13. The van der Waals surface area contributed by atoms with Crippen LogP contribution in [-0.4, -0.2) is 12.6 Å². The van der Waals surface area contributed by atoms with Crippen LogP contribution in [0, 0.1) is 5.92 Å². The topological polar surface area (TPSA) is 14.1 Å². The van der Waals surface area contributed by atoms with Crippen molar-refractivity contribution in [1.29, 1.82) is 0 Å². The van der Waals surface area contributed by atoms with E-state index in [2.05, 4.69) is 5.32 Å². The molecule has 1 unspecified atom stereocenters. The maximum atomic E-state index is 4.59. The highest BCUT2D eigenvalue weighted by atomic mass is 14.9. The molecule has 1 saturated carbocycles. The summed E-state index contributed by atoms with van der Waals surface area (Å²) in [4.78, 5) is 0. The van der Waals surface area contributed by atoms with Crippen molar-refractivity contribution in [2.75, 3.05) is 6.54 Å². The highest BCUT2D eigenvalue weighted by Gasteiger charge is 2.32. The average Bonchev–Trinajstić information content (AvgIpc) is 2.71. The summed E-state index contributed by atoms with van der Waals surface area (Å²) in [7, 11) is 0. The van der Waals surface area contributed by atoms with E-state index in [1.165, 1.54) is 32.1 Å². The highest BCUT2D eigenvalue weighted by molar-refractivity contribution is 4.87. The van der Waals surface area contributed by atoms with Gasteiger partial charge in [0.25, 0.3) is 0 Å². The van der Waals surface area contributed by atoms with Gasteiger partial charge in [-0.15, -0.1) is 0 Å². The molecule has 2 rings (SSSR count). The van der Waals surface area contributed by atoms with Gasteiger partial charge >= 0.3 is 0 Å². The lowest BCUT2D eigenvalue weighted by Crippen LogP contribution is -2.29. The van der Waals surface area contributed by atoms with Crippen LogP contribution >= 0.6 is 0 Å². The zero-order chi connectivity index (χ0) is 6.10. The van der Waals surface area contributed by atoms with Gasteiger partial charge in [-0.1, -0.05) is 6.42 Å². The summed E-state index contributed by atoms with van der Waals surface area (Å²) in [6.07, 6.45) is 7.11. The van der Waals surface area contributed by atoms with Crippen LogP contribution in [0.4, 0.5) is 0 Å². The minimum Gasteiger partial charge on any atom is -0.238 e. The zero-order valence-electron chi connectivity index (χ0n) is 5.84. The minimum absolute atomic E-state index is 0.791. The smallest absolute Gasteiger partial charge is 0.0274 e. The maximum Gasteiger partial charge on any atom is 0.0274 e. The molecule has 0 aromatic heterocycles. The van der Waals surface area contributed by atoms with Crippen molar-refractivity contribution in [3.63, 3.8) is 0 Å². The second-order valence-electron chi connectivity index (χ2n) is 3.31. The molecule has 0 aromatic rings. The van der Waals surface area contributed by atoms with Crippen LogP contribution in [0.2, 0.25) is 0 Å². The summed E-state index contributed by atoms with van der Waals surface area (Å²) >= 11 is 0. The molecule has 0 spiro atoms. The van der Waals surface area contributed by atoms with E-state index in [9.17, 15) is 0 Å². The van der Waals surface area contributed by atoms with Crippen LogP contribution in [0.15, 0.2) is 0 Å². The maximum absolute atomic E-state index is 4.59. The van der Waals surface area contributed by atoms with E-state index in [-0.39, 0.29) is 0 Å². The van der Waals surface area contributed by atoms with Gasteiger partial charge in [0.1, 0.15) is 0 Å². The molecule has 51 valence electrons. The molecule has 1 nitrogen and oxygen atoms in total. The summed E-state index contributed by atoms with van der Waals surface area (Å²) in [6, 6.07) is 0.791. The Hall–Kier alpha value is -0.0400. The van der Waals surface area contributed by atoms with Crippen LogP contribution < -0.4 is 5.32 Å². The van der Waals surface area contributed by atoms with Crippen molar-refractivity contribution in [2.24, 2.45) is 5.92 Å². The third-order valence-corrected chi connectivity index (χ3v) is 2.44. The number of hydrogen-bond acceptors (Lipinski definition) is 0. The van der Waals surface area contributed by atoms with Crippen molar-refractivity contribution >= 4 is 0 Å². The Balaban J connectivity index is 1.80. The summed E-state index contributed by atoms with van der Waals surface area (Å²) < 4.78 is 0. The van der Waals surface area contributed by atoms with Crippen LogP contribution in [0.1, 0.15) is 32.1 Å². The van der Waals surface area contributed by atoms with Crippen molar-refractivity contribution in [2.45, 2.75) is 38.1 Å². The molecule has 1 heterocycles. The molecule has 1 aliphatic heterocycles. The standard InChI is InChI=1S/C8H14N/c1-2-6-9-8(3-1)7-4-5-7/h7-8H,1-6H2. The monoisotopic (exact) mass is 124 g/mol. The van der Waals surface area contributed by atoms with E-state index in [0.29, 0.717) is 0 Å². The van der Waals surface area contributed by atoms with Gasteiger partial charge in [0.05, 0.1) is 0 Å². The summed E-state index contributed by atoms with van der Waals surface area (Å²) in [5.41, 5.74) is 0. The molecule has 0 N–H and O–H groups in total. The Kier molecular flexibility index (Phi) is 1.46. The molecule has 0 bridgehead atoms. The van der Waals surface area contributed by atoms with Crippen LogP contribution in [0.5, 0.6) is 0 Å². The first-order valence-electron chi connectivity index (χ1n) is 4.13. The van der Waals surface area contributed by atoms with Crippen LogP contribution in [0.25, 0.3) is 0 Å². The van der Waals surface area contributed by atoms with Gasteiger partial charge in [-0.25, -0.2) is 5.32 Å². The number of rotatable bonds is 1. The molecular formula is C8H14N. The Bertz CT molecular complexity index is 90.7. The largest absolute Gasteiger partial charge is 0.238 e. The predicted octanol–water partition coefficient (Wildman–Crippen LogP) is 1.55. The fourth-order valence-electron chi connectivity index (χ4n) is 1.68. The van der Waals surface area contributed by atoms with E-state index >= 15 is 0 Å². The molecule has 0 aromatic carbocycles. The molecule has 1 aliphatic carbocycles. The van der Waals surface area contributed by atoms with Gasteiger partial charge in [-0.3, -0.25) is 0 Å². The van der Waals surface area contributed by atoms with Crippen molar-refractivity contribution < 1.29 is 0 Å². The Morgan fingerprint density at radius 1 is 1.00 bits per heavy atom. The Labute approximate surface area is 56.8 Å². The SMILES string of the molecule is C1CCC(C2CC2)[N]C1. The minimum atomic E-state index is 0.791. The van der Waals surface area contributed by atoms with Gasteiger partial charge in [0, 0.05) is 12.6 Å². The lowest BCUT2D eigenvalue weighted by atomic mass is 10.0. The molecule has 1 atom stereocenters. The van der Waals surface area contributed by atoms with Gasteiger partial charge in [0.15, 0.2) is 0 Å². The lowest BCUT2D eigenvalue weighted by Gasteiger charge is -2.20. The molecule has 9 heavy (non-hydrogen) atoms. The van der Waals surface area contributed by atoms with Crippen molar-refractivity contribution in [3.05, 3.63) is 0 Å². The lowest BCUT2D eigenvalue weighted by molar-refractivity contribution is 0.360. The van der Waals surface area contributed by atoms with Crippen molar-refractivity contribution in [3.8, 4) is 0 Å². The summed E-state index contributed by atoms with van der Waals surface area (Å²) in [6.45, 7) is 1.15. The van der Waals surface area contributed by atoms with Gasteiger partial charge in [-0.2, -0.15) is 0 Å². The molecule has 2 fully saturated rings. The highest BCUT2D eigenvalue weighted by Crippen LogP contribution is 2.36. The van der Waals surface area contributed by atoms with E-state index in [0.717, 1.165) is 18.5 Å².